The largest absolute Gasteiger partial charge is 0.495 e. The topological polar surface area (TPSA) is 122 Å². The Morgan fingerprint density at radius 2 is 2.17 bits per heavy atom. The van der Waals surface area contributed by atoms with Gasteiger partial charge in [0.2, 0.25) is 10.0 Å². The number of β-amino-alcohol motifs (C(OH)–C–C–N with tert-alkyl or cyclic N) is 1. The highest BCUT2D eigenvalue weighted by Crippen LogP contribution is 2.39. The molecule has 2 heterocycles. The fourth-order valence-electron chi connectivity index (χ4n) is 3.83. The molecule has 2 N–H and O–H groups in total. The number of carboxylic acids is 1. The van der Waals surface area contributed by atoms with Crippen molar-refractivity contribution in [1.29, 1.82) is 0 Å². The molecule has 2 atom stereocenters. The maximum absolute atomic E-state index is 13.3. The summed E-state index contributed by atoms with van der Waals surface area (Å²) in [5, 5.41) is 24.4. The normalized spacial score (nSPS) is 23.1. The van der Waals surface area contributed by atoms with E-state index in [0.29, 0.717) is 12.1 Å². The summed E-state index contributed by atoms with van der Waals surface area (Å²) in [6, 6.07) is 6.41. The lowest BCUT2D eigenvalue weighted by molar-refractivity contribution is -0.162. The number of carbonyl (C=O) groups is 1. The molecule has 1 aromatic carbocycles. The van der Waals surface area contributed by atoms with E-state index in [4.69, 9.17) is 4.74 Å². The molecular formula is C19H25N3O6S. The molecule has 1 fully saturated rings. The first-order chi connectivity index (χ1) is 13.8. The fraction of sp³-hybridized carbons (Fsp3) is 0.474. The monoisotopic (exact) mass is 423 g/mol. The van der Waals surface area contributed by atoms with Crippen molar-refractivity contribution in [3.8, 4) is 11.4 Å². The van der Waals surface area contributed by atoms with E-state index in [0.717, 1.165) is 4.31 Å². The van der Waals surface area contributed by atoms with Gasteiger partial charge in [-0.25, -0.2) is 13.1 Å². The Bertz CT molecular complexity index is 976. The average molecular weight is 423 g/mol. The molecule has 0 unspecified atom stereocenters. The zero-order valence-corrected chi connectivity index (χ0v) is 17.2. The van der Waals surface area contributed by atoms with Gasteiger partial charge in [0.15, 0.2) is 0 Å². The smallest absolute Gasteiger partial charge is 0.312 e. The van der Waals surface area contributed by atoms with Crippen LogP contribution in [0.2, 0.25) is 0 Å². The van der Waals surface area contributed by atoms with E-state index < -0.39 is 27.5 Å². The summed E-state index contributed by atoms with van der Waals surface area (Å²) in [4.78, 5) is 11.8. The van der Waals surface area contributed by atoms with Crippen LogP contribution in [0, 0.1) is 5.41 Å². The van der Waals surface area contributed by atoms with Crippen molar-refractivity contribution in [2.24, 2.45) is 5.41 Å². The number of methoxy groups -OCH3 is 1. The Morgan fingerprint density at radius 1 is 1.41 bits per heavy atom. The van der Waals surface area contributed by atoms with Crippen molar-refractivity contribution in [1.82, 2.24) is 14.1 Å². The summed E-state index contributed by atoms with van der Waals surface area (Å²) in [6.07, 6.45) is 2.88. The van der Waals surface area contributed by atoms with E-state index in [2.05, 4.69) is 5.10 Å². The van der Waals surface area contributed by atoms with Gasteiger partial charge in [0.1, 0.15) is 10.6 Å². The third-order valence-corrected chi connectivity index (χ3v) is 7.36. The SMILES string of the molecule is CCC[C@]1(C(=O)O)CCN(S(=O)(=O)c2cc(-n3cccn3)ccc2OC)C[C@@H]1O. The van der Waals surface area contributed by atoms with Crippen LogP contribution in [0.15, 0.2) is 41.6 Å². The first-order valence-corrected chi connectivity index (χ1v) is 10.8. The fourth-order valence-corrected chi connectivity index (χ4v) is 5.45. The summed E-state index contributed by atoms with van der Waals surface area (Å²) in [5.41, 5.74) is -0.792. The van der Waals surface area contributed by atoms with Gasteiger partial charge in [0.25, 0.3) is 0 Å². The van der Waals surface area contributed by atoms with E-state index >= 15 is 0 Å². The van der Waals surface area contributed by atoms with Crippen molar-refractivity contribution in [3.05, 3.63) is 36.7 Å². The van der Waals surface area contributed by atoms with Crippen molar-refractivity contribution in [3.63, 3.8) is 0 Å². The van der Waals surface area contributed by atoms with Crippen molar-refractivity contribution < 1.29 is 28.2 Å². The van der Waals surface area contributed by atoms with Crippen LogP contribution in [-0.4, -0.2) is 65.0 Å². The Balaban J connectivity index is 1.96. The lowest BCUT2D eigenvalue weighted by Crippen LogP contribution is -2.55. The van der Waals surface area contributed by atoms with Crippen LogP contribution in [-0.2, 0) is 14.8 Å². The van der Waals surface area contributed by atoms with Crippen LogP contribution in [0.5, 0.6) is 5.75 Å². The number of ether oxygens (including phenoxy) is 1. The summed E-state index contributed by atoms with van der Waals surface area (Å²) in [6.45, 7) is 1.55. The number of hydrogen-bond acceptors (Lipinski definition) is 6. The van der Waals surface area contributed by atoms with Gasteiger partial charge >= 0.3 is 5.97 Å². The number of aliphatic hydroxyl groups excluding tert-OH is 1. The second-order valence-corrected chi connectivity index (χ2v) is 9.03. The lowest BCUT2D eigenvalue weighted by Gasteiger charge is -2.42. The third-order valence-electron chi connectivity index (χ3n) is 5.48. The molecule has 158 valence electrons. The minimum Gasteiger partial charge on any atom is -0.495 e. The highest BCUT2D eigenvalue weighted by atomic mass is 32.2. The predicted octanol–water partition coefficient (Wildman–Crippen LogP) is 1.51. The van der Waals surface area contributed by atoms with Crippen LogP contribution < -0.4 is 4.74 Å². The summed E-state index contributed by atoms with van der Waals surface area (Å²) in [7, 11) is -2.65. The average Bonchev–Trinajstić information content (AvgIpc) is 3.23. The minimum atomic E-state index is -4.03. The third kappa shape index (κ3) is 3.75. The lowest BCUT2D eigenvalue weighted by atomic mass is 9.73. The van der Waals surface area contributed by atoms with Crippen molar-refractivity contribution >= 4 is 16.0 Å². The number of benzene rings is 1. The molecule has 10 heteroatoms. The Labute approximate surface area is 169 Å². The van der Waals surface area contributed by atoms with Gasteiger partial charge in [-0.15, -0.1) is 0 Å². The van der Waals surface area contributed by atoms with Crippen LogP contribution in [0.1, 0.15) is 26.2 Å². The van der Waals surface area contributed by atoms with Crippen LogP contribution in [0.25, 0.3) is 5.69 Å². The number of sulfonamides is 1. The summed E-state index contributed by atoms with van der Waals surface area (Å²) < 4.78 is 34.6. The second kappa shape index (κ2) is 8.13. The van der Waals surface area contributed by atoms with Gasteiger partial charge < -0.3 is 14.9 Å². The van der Waals surface area contributed by atoms with Crippen molar-refractivity contribution in [2.75, 3.05) is 20.2 Å². The molecule has 0 saturated carbocycles. The summed E-state index contributed by atoms with van der Waals surface area (Å²) in [5.74, 6) is -0.929. The molecule has 0 bridgehead atoms. The van der Waals surface area contributed by atoms with Gasteiger partial charge in [-0.1, -0.05) is 13.3 Å². The van der Waals surface area contributed by atoms with Crippen molar-refractivity contribution in [2.45, 2.75) is 37.2 Å². The molecule has 2 aromatic rings. The molecular weight excluding hydrogens is 398 g/mol. The standard InChI is InChI=1S/C19H25N3O6S/c1-3-7-19(18(24)25)8-11-21(13-17(19)23)29(26,27)16-12-14(5-6-15(16)28-2)22-10-4-9-20-22/h4-6,9-10,12,17,23H,3,7-8,11,13H2,1-2H3,(H,24,25)/t17-,19-/m0/s1. The molecule has 0 amide bonds. The van der Waals surface area contributed by atoms with Gasteiger partial charge in [-0.05, 0) is 37.1 Å². The number of aliphatic hydroxyl groups is 1. The Morgan fingerprint density at radius 3 is 2.72 bits per heavy atom. The zero-order chi connectivity index (χ0) is 21.2. The van der Waals surface area contributed by atoms with E-state index in [-0.39, 0.29) is 36.6 Å². The number of rotatable bonds is 7. The molecule has 1 saturated heterocycles. The molecule has 1 aromatic heterocycles. The number of hydrogen-bond donors (Lipinski definition) is 2. The molecule has 3 rings (SSSR count). The van der Waals surface area contributed by atoms with Gasteiger partial charge in [0, 0.05) is 25.5 Å². The molecule has 29 heavy (non-hydrogen) atoms. The molecule has 0 spiro atoms. The second-order valence-electron chi connectivity index (χ2n) is 7.13. The number of aliphatic carboxylic acids is 1. The highest BCUT2D eigenvalue weighted by molar-refractivity contribution is 7.89. The number of aromatic nitrogens is 2. The molecule has 1 aliphatic rings. The number of piperidine rings is 1. The van der Waals surface area contributed by atoms with E-state index in [1.807, 2.05) is 6.92 Å². The maximum Gasteiger partial charge on any atom is 0.312 e. The van der Waals surface area contributed by atoms with E-state index in [1.165, 1.54) is 17.9 Å². The molecule has 9 nitrogen and oxygen atoms in total. The Hall–Kier alpha value is -2.43. The number of carboxylic acid groups (broad SMARTS) is 1. The zero-order valence-electron chi connectivity index (χ0n) is 16.4. The van der Waals surface area contributed by atoms with Crippen LogP contribution in [0.4, 0.5) is 0 Å². The van der Waals surface area contributed by atoms with Crippen LogP contribution >= 0.6 is 0 Å². The van der Waals surface area contributed by atoms with Crippen LogP contribution in [0.3, 0.4) is 0 Å². The highest BCUT2D eigenvalue weighted by Gasteiger charge is 2.50. The van der Waals surface area contributed by atoms with E-state index in [1.54, 1.807) is 30.6 Å². The van der Waals surface area contributed by atoms with Gasteiger partial charge in [-0.3, -0.25) is 4.79 Å². The maximum atomic E-state index is 13.3. The van der Waals surface area contributed by atoms with E-state index in [9.17, 15) is 23.4 Å². The van der Waals surface area contributed by atoms with Gasteiger partial charge in [-0.2, -0.15) is 9.40 Å². The quantitative estimate of drug-likeness (QED) is 0.692. The first kappa shape index (κ1) is 21.3. The first-order valence-electron chi connectivity index (χ1n) is 9.36. The summed E-state index contributed by atoms with van der Waals surface area (Å²) >= 11 is 0. The minimum absolute atomic E-state index is 0.000838. The number of nitrogens with zero attached hydrogens (tertiary/aromatic N) is 3. The Kier molecular flexibility index (Phi) is 5.97. The van der Waals surface area contributed by atoms with Gasteiger partial charge in [0.05, 0.1) is 24.3 Å². The molecule has 0 aliphatic carbocycles. The molecule has 0 radical (unpaired) electrons. The predicted molar refractivity (Wildman–Crippen MR) is 104 cm³/mol. The molecule has 1 aliphatic heterocycles.